The molecule has 0 atom stereocenters. The molecule has 0 spiro atoms. The van der Waals surface area contributed by atoms with Gasteiger partial charge in [-0.1, -0.05) is 123 Å². The lowest BCUT2D eigenvalue weighted by atomic mass is 9.75. The van der Waals surface area contributed by atoms with E-state index in [4.69, 9.17) is 9.97 Å². The second kappa shape index (κ2) is 9.89. The molecule has 0 saturated heterocycles. The van der Waals surface area contributed by atoms with Crippen LogP contribution in [0.15, 0.2) is 146 Å². The van der Waals surface area contributed by atoms with Gasteiger partial charge < -0.3 is 0 Å². The molecule has 0 fully saturated rings. The normalized spacial score (nSPS) is 12.0. The molecule has 2 aromatic heterocycles. The molecule has 2 heteroatoms. The molecule has 0 bridgehead atoms. The summed E-state index contributed by atoms with van der Waals surface area (Å²) < 4.78 is 0. The van der Waals surface area contributed by atoms with Crippen molar-refractivity contribution in [2.24, 2.45) is 0 Å². The van der Waals surface area contributed by atoms with Gasteiger partial charge in [0.15, 0.2) is 0 Å². The first-order chi connectivity index (χ1) is 21.0. The van der Waals surface area contributed by atoms with Crippen LogP contribution in [0.1, 0.15) is 25.0 Å². The summed E-state index contributed by atoms with van der Waals surface area (Å²) >= 11 is 0. The van der Waals surface area contributed by atoms with Crippen molar-refractivity contribution in [3.63, 3.8) is 0 Å². The molecule has 8 rings (SSSR count). The second-order valence-corrected chi connectivity index (χ2v) is 11.9. The van der Waals surface area contributed by atoms with Crippen LogP contribution in [0.25, 0.3) is 65.6 Å². The number of pyridine rings is 2. The Labute approximate surface area is 251 Å². The topological polar surface area (TPSA) is 25.8 Å². The zero-order chi connectivity index (χ0) is 29.0. The fourth-order valence-electron chi connectivity index (χ4n) is 6.40. The van der Waals surface area contributed by atoms with Gasteiger partial charge in [-0.25, -0.2) is 0 Å². The van der Waals surface area contributed by atoms with Gasteiger partial charge in [0.05, 0.1) is 11.4 Å². The maximum Gasteiger partial charge on any atom is 0.0714 e. The Morgan fingerprint density at radius 1 is 0.395 bits per heavy atom. The number of aromatic nitrogens is 2. The highest BCUT2D eigenvalue weighted by atomic mass is 14.7. The molecule has 204 valence electrons. The maximum absolute atomic E-state index is 4.93. The van der Waals surface area contributed by atoms with E-state index in [-0.39, 0.29) is 5.41 Å². The van der Waals surface area contributed by atoms with Gasteiger partial charge in [0, 0.05) is 39.7 Å². The number of hydrogen-bond donors (Lipinski definition) is 0. The zero-order valence-electron chi connectivity index (χ0n) is 24.3. The summed E-state index contributed by atoms with van der Waals surface area (Å²) in [5.74, 6) is 0. The van der Waals surface area contributed by atoms with Crippen molar-refractivity contribution in [3.8, 4) is 22.5 Å². The van der Waals surface area contributed by atoms with Crippen LogP contribution in [0.5, 0.6) is 0 Å². The molecule has 43 heavy (non-hydrogen) atoms. The van der Waals surface area contributed by atoms with Crippen molar-refractivity contribution < 1.29 is 0 Å². The molecule has 2 nitrogen and oxygen atoms in total. The van der Waals surface area contributed by atoms with E-state index < -0.39 is 0 Å². The van der Waals surface area contributed by atoms with Crippen LogP contribution in [0.2, 0.25) is 0 Å². The van der Waals surface area contributed by atoms with E-state index in [1.54, 1.807) is 0 Å². The van der Waals surface area contributed by atoms with Crippen molar-refractivity contribution in [3.05, 3.63) is 157 Å². The smallest absolute Gasteiger partial charge is 0.0714 e. The first kappa shape index (κ1) is 25.4. The summed E-state index contributed by atoms with van der Waals surface area (Å²) in [5, 5.41) is 9.56. The van der Waals surface area contributed by atoms with Crippen molar-refractivity contribution in [1.29, 1.82) is 0 Å². The summed E-state index contributed by atoms with van der Waals surface area (Å²) in [6.07, 6.45) is 3.98. The summed E-state index contributed by atoms with van der Waals surface area (Å²) in [6, 6.07) is 48.0. The standard InChI is InChI=1S/C41H30N2/c1-41(2,33-19-29-13-7-9-17-35(29)37(23-33)39-21-27-11-3-5-15-31(27)25-42-39)34-20-30-14-8-10-18-36(30)38(24-34)40-22-28-12-4-6-16-32(28)26-43-40/h3-26H,1-2H3. The van der Waals surface area contributed by atoms with Gasteiger partial charge >= 0.3 is 0 Å². The van der Waals surface area contributed by atoms with Gasteiger partial charge in [-0.2, -0.15) is 0 Å². The van der Waals surface area contributed by atoms with Crippen LogP contribution in [0, 0.1) is 0 Å². The number of nitrogens with zero attached hydrogens (tertiary/aromatic N) is 2. The van der Waals surface area contributed by atoms with Gasteiger partial charge in [0.1, 0.15) is 0 Å². The number of fused-ring (bicyclic) bond motifs is 4. The Morgan fingerprint density at radius 2 is 0.767 bits per heavy atom. The third-order valence-corrected chi connectivity index (χ3v) is 8.98. The molecule has 0 N–H and O–H groups in total. The molecule has 0 radical (unpaired) electrons. The van der Waals surface area contributed by atoms with Crippen LogP contribution < -0.4 is 0 Å². The van der Waals surface area contributed by atoms with E-state index in [0.717, 1.165) is 33.3 Å². The molecular formula is C41H30N2. The summed E-state index contributed by atoms with van der Waals surface area (Å²) in [4.78, 5) is 9.87. The summed E-state index contributed by atoms with van der Waals surface area (Å²) in [6.45, 7) is 4.66. The van der Waals surface area contributed by atoms with E-state index in [1.165, 1.54) is 43.4 Å². The van der Waals surface area contributed by atoms with Crippen LogP contribution in [-0.4, -0.2) is 9.97 Å². The van der Waals surface area contributed by atoms with Crippen molar-refractivity contribution in [1.82, 2.24) is 9.97 Å². The Bertz CT molecular complexity index is 2170. The minimum atomic E-state index is -0.286. The lowest BCUT2D eigenvalue weighted by Gasteiger charge is -2.29. The lowest BCUT2D eigenvalue weighted by Crippen LogP contribution is -2.19. The molecular weight excluding hydrogens is 520 g/mol. The van der Waals surface area contributed by atoms with E-state index >= 15 is 0 Å². The van der Waals surface area contributed by atoms with Gasteiger partial charge in [-0.15, -0.1) is 0 Å². The summed E-state index contributed by atoms with van der Waals surface area (Å²) in [5.41, 5.74) is 6.52. The van der Waals surface area contributed by atoms with Gasteiger partial charge in [-0.3, -0.25) is 9.97 Å². The quantitative estimate of drug-likeness (QED) is 0.218. The molecule has 8 aromatic rings. The highest BCUT2D eigenvalue weighted by Gasteiger charge is 2.26. The molecule has 6 aromatic carbocycles. The molecule has 2 heterocycles. The van der Waals surface area contributed by atoms with Crippen molar-refractivity contribution in [2.75, 3.05) is 0 Å². The SMILES string of the molecule is CC(C)(c1cc(-c2cc3ccccc3cn2)c2ccccc2c1)c1cc(-c2cc3ccccc3cn2)c2ccccc2c1. The fraction of sp³-hybridized carbons (Fsp3) is 0.0732. The van der Waals surface area contributed by atoms with Crippen molar-refractivity contribution in [2.45, 2.75) is 19.3 Å². The van der Waals surface area contributed by atoms with Crippen LogP contribution >= 0.6 is 0 Å². The zero-order valence-corrected chi connectivity index (χ0v) is 24.3. The summed E-state index contributed by atoms with van der Waals surface area (Å²) in [7, 11) is 0. The fourth-order valence-corrected chi connectivity index (χ4v) is 6.40. The molecule has 0 aliphatic carbocycles. The van der Waals surface area contributed by atoms with E-state index in [2.05, 4.69) is 147 Å². The monoisotopic (exact) mass is 550 g/mol. The number of rotatable bonds is 4. The van der Waals surface area contributed by atoms with Crippen molar-refractivity contribution >= 4 is 43.1 Å². The van der Waals surface area contributed by atoms with E-state index in [1.807, 2.05) is 12.4 Å². The third-order valence-electron chi connectivity index (χ3n) is 8.98. The molecule has 0 aliphatic heterocycles. The maximum atomic E-state index is 4.93. The largest absolute Gasteiger partial charge is 0.256 e. The minimum absolute atomic E-state index is 0.286. The molecule has 0 saturated carbocycles. The number of hydrogen-bond acceptors (Lipinski definition) is 2. The Morgan fingerprint density at radius 3 is 1.21 bits per heavy atom. The Kier molecular flexibility index (Phi) is 5.84. The van der Waals surface area contributed by atoms with Crippen LogP contribution in [0.4, 0.5) is 0 Å². The Balaban J connectivity index is 1.33. The third kappa shape index (κ3) is 4.35. The first-order valence-corrected chi connectivity index (χ1v) is 14.8. The van der Waals surface area contributed by atoms with Gasteiger partial charge in [0.2, 0.25) is 0 Å². The molecule has 0 amide bonds. The highest BCUT2D eigenvalue weighted by molar-refractivity contribution is 6.00. The van der Waals surface area contributed by atoms with E-state index in [9.17, 15) is 0 Å². The van der Waals surface area contributed by atoms with E-state index in [0.29, 0.717) is 0 Å². The minimum Gasteiger partial charge on any atom is -0.256 e. The second-order valence-electron chi connectivity index (χ2n) is 11.9. The Hall–Kier alpha value is -5.34. The number of benzene rings is 6. The predicted molar refractivity (Wildman–Crippen MR) is 181 cm³/mol. The predicted octanol–water partition coefficient (Wildman–Crippen LogP) is 10.7. The van der Waals surface area contributed by atoms with Crippen LogP contribution in [-0.2, 0) is 5.41 Å². The average Bonchev–Trinajstić information content (AvgIpc) is 3.06. The molecule has 0 unspecified atom stereocenters. The van der Waals surface area contributed by atoms with Gasteiger partial charge in [0.25, 0.3) is 0 Å². The highest BCUT2D eigenvalue weighted by Crippen LogP contribution is 2.41. The van der Waals surface area contributed by atoms with Crippen LogP contribution in [0.3, 0.4) is 0 Å². The first-order valence-electron chi connectivity index (χ1n) is 14.8. The molecule has 0 aliphatic rings. The lowest BCUT2D eigenvalue weighted by molar-refractivity contribution is 0.643. The average molecular weight is 551 g/mol. The van der Waals surface area contributed by atoms with Gasteiger partial charge in [-0.05, 0) is 67.7 Å².